The quantitative estimate of drug-likeness (QED) is 0.506. The van der Waals surface area contributed by atoms with Gasteiger partial charge in [-0.3, -0.25) is 19.6 Å². The minimum Gasteiger partial charge on any atom is -0.338 e. The molecule has 1 amide bonds. The minimum atomic E-state index is -4.03. The molecule has 2 heterocycles. The van der Waals surface area contributed by atoms with Crippen LogP contribution in [0.4, 0.5) is 14.5 Å². The SMILES string of the molecule is Cc1nn(CC(=O)N2CCN(S(=O)(=O)c3ccc(F)c(F)c3)CC2)c(C)c1[N+](=O)[O-]. The number of aromatic nitrogens is 2. The Balaban J connectivity index is 1.66. The molecule has 1 aliphatic heterocycles. The van der Waals surface area contributed by atoms with Gasteiger partial charge >= 0.3 is 5.69 Å². The van der Waals surface area contributed by atoms with Crippen LogP contribution in [0.3, 0.4) is 0 Å². The summed E-state index contributed by atoms with van der Waals surface area (Å²) in [6.07, 6.45) is 0. The molecule has 13 heteroatoms. The predicted molar refractivity (Wildman–Crippen MR) is 100 cm³/mol. The Labute approximate surface area is 170 Å². The first-order valence-corrected chi connectivity index (χ1v) is 10.4. The van der Waals surface area contributed by atoms with Gasteiger partial charge in [-0.05, 0) is 32.0 Å². The van der Waals surface area contributed by atoms with Crippen molar-refractivity contribution in [3.05, 3.63) is 51.3 Å². The Morgan fingerprint density at radius 2 is 1.80 bits per heavy atom. The van der Waals surface area contributed by atoms with Crippen molar-refractivity contribution in [2.24, 2.45) is 0 Å². The summed E-state index contributed by atoms with van der Waals surface area (Å²) < 4.78 is 54.1. The van der Waals surface area contributed by atoms with Crippen LogP contribution >= 0.6 is 0 Å². The number of carbonyl (C=O) groups is 1. The van der Waals surface area contributed by atoms with Gasteiger partial charge in [0.2, 0.25) is 15.9 Å². The third-order valence-corrected chi connectivity index (χ3v) is 6.83. The lowest BCUT2D eigenvalue weighted by atomic mass is 10.3. The topological polar surface area (TPSA) is 119 Å². The summed E-state index contributed by atoms with van der Waals surface area (Å²) >= 11 is 0. The fourth-order valence-electron chi connectivity index (χ4n) is 3.30. The first kappa shape index (κ1) is 21.8. The summed E-state index contributed by atoms with van der Waals surface area (Å²) in [4.78, 5) is 24.1. The molecule has 2 aromatic rings. The molecule has 0 radical (unpaired) electrons. The molecule has 0 spiro atoms. The third kappa shape index (κ3) is 4.03. The van der Waals surface area contributed by atoms with Crippen LogP contribution in [0.1, 0.15) is 11.4 Å². The third-order valence-electron chi connectivity index (χ3n) is 4.93. The number of benzene rings is 1. The lowest BCUT2D eigenvalue weighted by molar-refractivity contribution is -0.386. The lowest BCUT2D eigenvalue weighted by Crippen LogP contribution is -2.51. The maximum atomic E-state index is 13.4. The summed E-state index contributed by atoms with van der Waals surface area (Å²) in [6, 6.07) is 2.36. The van der Waals surface area contributed by atoms with E-state index in [4.69, 9.17) is 0 Å². The molecule has 0 atom stereocenters. The molecule has 0 saturated carbocycles. The number of aryl methyl sites for hydroxylation is 1. The Bertz CT molecular complexity index is 1110. The molecule has 0 aliphatic carbocycles. The van der Waals surface area contributed by atoms with Crippen molar-refractivity contribution in [3.8, 4) is 0 Å². The van der Waals surface area contributed by atoms with Crippen molar-refractivity contribution in [1.29, 1.82) is 0 Å². The van der Waals surface area contributed by atoms with E-state index in [1.807, 2.05) is 0 Å². The molecule has 162 valence electrons. The van der Waals surface area contributed by atoms with E-state index in [0.717, 1.165) is 16.4 Å². The van der Waals surface area contributed by atoms with Crippen molar-refractivity contribution < 1.29 is 26.9 Å². The highest BCUT2D eigenvalue weighted by molar-refractivity contribution is 7.89. The summed E-state index contributed by atoms with van der Waals surface area (Å²) in [5.41, 5.74) is 0.309. The molecule has 10 nitrogen and oxygen atoms in total. The van der Waals surface area contributed by atoms with Gasteiger partial charge in [0.25, 0.3) is 0 Å². The molecule has 1 saturated heterocycles. The van der Waals surface area contributed by atoms with Crippen LogP contribution in [-0.4, -0.2) is 64.4 Å². The van der Waals surface area contributed by atoms with Gasteiger partial charge in [0.1, 0.15) is 17.9 Å². The number of piperazine rings is 1. The van der Waals surface area contributed by atoms with Crippen molar-refractivity contribution in [1.82, 2.24) is 19.0 Å². The Hall–Kier alpha value is -2.93. The lowest BCUT2D eigenvalue weighted by Gasteiger charge is -2.34. The highest BCUT2D eigenvalue weighted by Gasteiger charge is 2.31. The molecular formula is C17H19F2N5O5S. The Morgan fingerprint density at radius 1 is 1.17 bits per heavy atom. The Kier molecular flexibility index (Phi) is 5.85. The van der Waals surface area contributed by atoms with Crippen molar-refractivity contribution in [2.75, 3.05) is 26.2 Å². The normalized spacial score (nSPS) is 15.4. The number of halogens is 2. The zero-order valence-corrected chi connectivity index (χ0v) is 17.0. The van der Waals surface area contributed by atoms with E-state index >= 15 is 0 Å². The molecule has 1 aliphatic rings. The van der Waals surface area contributed by atoms with Gasteiger partial charge in [0.15, 0.2) is 11.6 Å². The number of hydrogen-bond donors (Lipinski definition) is 0. The number of carbonyl (C=O) groups excluding carboxylic acids is 1. The molecule has 0 N–H and O–H groups in total. The molecule has 3 rings (SSSR count). The maximum Gasteiger partial charge on any atom is 0.312 e. The van der Waals surface area contributed by atoms with E-state index in [-0.39, 0.29) is 60.6 Å². The molecule has 30 heavy (non-hydrogen) atoms. The van der Waals surface area contributed by atoms with Gasteiger partial charge in [0.05, 0.1) is 9.82 Å². The average Bonchev–Trinajstić information content (AvgIpc) is 2.97. The van der Waals surface area contributed by atoms with Gasteiger partial charge in [-0.2, -0.15) is 9.40 Å². The van der Waals surface area contributed by atoms with Gasteiger partial charge in [-0.15, -0.1) is 0 Å². The summed E-state index contributed by atoms with van der Waals surface area (Å²) in [5, 5.41) is 15.1. The van der Waals surface area contributed by atoms with Crippen LogP contribution in [0, 0.1) is 35.6 Å². The zero-order chi connectivity index (χ0) is 22.2. The van der Waals surface area contributed by atoms with Crippen LogP contribution in [0.5, 0.6) is 0 Å². The zero-order valence-electron chi connectivity index (χ0n) is 16.2. The standard InChI is InChI=1S/C17H19F2N5O5S/c1-11-17(24(26)27)12(2)23(20-11)10-16(25)21-5-7-22(8-6-21)30(28,29)13-3-4-14(18)15(19)9-13/h3-4,9H,5-8,10H2,1-2H3. The Morgan fingerprint density at radius 3 is 2.33 bits per heavy atom. The van der Waals surface area contributed by atoms with Crippen LogP contribution in [-0.2, 0) is 21.4 Å². The van der Waals surface area contributed by atoms with E-state index in [0.29, 0.717) is 6.07 Å². The van der Waals surface area contributed by atoms with Gasteiger partial charge in [0, 0.05) is 26.2 Å². The fourth-order valence-corrected chi connectivity index (χ4v) is 4.73. The van der Waals surface area contributed by atoms with Crippen LogP contribution < -0.4 is 0 Å². The summed E-state index contributed by atoms with van der Waals surface area (Å²) in [5.74, 6) is -2.77. The molecule has 1 fully saturated rings. The smallest absolute Gasteiger partial charge is 0.312 e. The van der Waals surface area contributed by atoms with Crippen molar-refractivity contribution in [2.45, 2.75) is 25.3 Å². The van der Waals surface area contributed by atoms with Crippen LogP contribution in [0.15, 0.2) is 23.1 Å². The number of sulfonamides is 1. The molecule has 1 aromatic heterocycles. The second-order valence-electron chi connectivity index (χ2n) is 6.79. The highest BCUT2D eigenvalue weighted by Crippen LogP contribution is 2.23. The highest BCUT2D eigenvalue weighted by atomic mass is 32.2. The van der Waals surface area contributed by atoms with E-state index in [9.17, 15) is 32.1 Å². The van der Waals surface area contributed by atoms with E-state index < -0.39 is 26.6 Å². The summed E-state index contributed by atoms with van der Waals surface area (Å²) in [7, 11) is -4.03. The van der Waals surface area contributed by atoms with Crippen LogP contribution in [0.2, 0.25) is 0 Å². The number of rotatable bonds is 5. The fraction of sp³-hybridized carbons (Fsp3) is 0.412. The van der Waals surface area contributed by atoms with Gasteiger partial charge in [-0.25, -0.2) is 17.2 Å². The van der Waals surface area contributed by atoms with Crippen LogP contribution in [0.25, 0.3) is 0 Å². The number of nitrogens with zero attached hydrogens (tertiary/aromatic N) is 5. The second-order valence-corrected chi connectivity index (χ2v) is 8.73. The average molecular weight is 443 g/mol. The van der Waals surface area contributed by atoms with E-state index in [1.54, 1.807) is 0 Å². The second kappa shape index (κ2) is 8.07. The van der Waals surface area contributed by atoms with E-state index in [2.05, 4.69) is 5.10 Å². The van der Waals surface area contributed by atoms with E-state index in [1.165, 1.54) is 23.4 Å². The predicted octanol–water partition coefficient (Wildman–Crippen LogP) is 1.22. The largest absolute Gasteiger partial charge is 0.338 e. The first-order chi connectivity index (χ1) is 14.0. The van der Waals surface area contributed by atoms with Gasteiger partial charge < -0.3 is 4.90 Å². The van der Waals surface area contributed by atoms with Gasteiger partial charge in [-0.1, -0.05) is 0 Å². The monoisotopic (exact) mass is 443 g/mol. The maximum absolute atomic E-state index is 13.4. The number of nitro groups is 1. The first-order valence-electron chi connectivity index (χ1n) is 8.93. The minimum absolute atomic E-state index is 0.0235. The number of amides is 1. The molecule has 0 bridgehead atoms. The number of hydrogen-bond acceptors (Lipinski definition) is 6. The summed E-state index contributed by atoms with van der Waals surface area (Å²) in [6.45, 7) is 2.89. The molecular weight excluding hydrogens is 424 g/mol. The van der Waals surface area contributed by atoms with Crippen molar-refractivity contribution in [3.63, 3.8) is 0 Å². The molecule has 1 aromatic carbocycles. The molecule has 0 unspecified atom stereocenters. The van der Waals surface area contributed by atoms with Crippen molar-refractivity contribution >= 4 is 21.6 Å².